The molecular weight excluding hydrogens is 414 g/mol. The van der Waals surface area contributed by atoms with Crippen LogP contribution < -0.4 is 15.0 Å². The molecule has 1 unspecified atom stereocenters. The third-order valence-electron chi connectivity index (χ3n) is 5.71. The van der Waals surface area contributed by atoms with Crippen molar-refractivity contribution in [3.05, 3.63) is 28.9 Å². The zero-order chi connectivity index (χ0) is 20.0. The standard InChI is InChI=1S/C19H22ClN5O3S/c20-12-7-21-18(22-8-12)11-1-4-25(5-2-11)19-16-15(23-13(9-26)10-28-16)17-14(24-19)3-6-29(17)27/h7-8,11,13,23,26H,1-6,9-10H2/t13?,29-/m0/s1. The number of aliphatic hydroxyl groups is 1. The molecule has 2 atom stereocenters. The maximum absolute atomic E-state index is 12.5. The molecule has 3 aliphatic heterocycles. The number of aryl methyl sites for hydroxylation is 1. The van der Waals surface area contributed by atoms with Crippen LogP contribution in [0.1, 0.15) is 30.3 Å². The molecule has 0 aromatic carbocycles. The SMILES string of the molecule is O=[S@]1CCc2nc(N3CCC(c4ncc(Cl)cn4)CC3)c3c(c21)NC(CO)CO3. The Bertz CT molecular complexity index is 950. The average molecular weight is 436 g/mol. The number of rotatable bonds is 3. The van der Waals surface area contributed by atoms with Gasteiger partial charge in [-0.05, 0) is 12.8 Å². The van der Waals surface area contributed by atoms with E-state index in [1.807, 2.05) is 0 Å². The van der Waals surface area contributed by atoms with E-state index in [-0.39, 0.29) is 12.6 Å². The highest BCUT2D eigenvalue weighted by Crippen LogP contribution is 2.45. The van der Waals surface area contributed by atoms with Gasteiger partial charge in [0.15, 0.2) is 11.6 Å². The van der Waals surface area contributed by atoms with Gasteiger partial charge in [0, 0.05) is 43.6 Å². The van der Waals surface area contributed by atoms with Gasteiger partial charge in [0.05, 0.1) is 44.7 Å². The van der Waals surface area contributed by atoms with E-state index in [0.29, 0.717) is 35.5 Å². The Morgan fingerprint density at radius 3 is 2.79 bits per heavy atom. The summed E-state index contributed by atoms with van der Waals surface area (Å²) in [5, 5.41) is 13.4. The highest BCUT2D eigenvalue weighted by Gasteiger charge is 2.35. The van der Waals surface area contributed by atoms with Crippen LogP contribution in [0.25, 0.3) is 0 Å². The van der Waals surface area contributed by atoms with Gasteiger partial charge >= 0.3 is 0 Å². The van der Waals surface area contributed by atoms with E-state index in [4.69, 9.17) is 21.3 Å². The molecule has 2 aromatic rings. The van der Waals surface area contributed by atoms with Crippen LogP contribution in [0, 0.1) is 0 Å². The molecule has 29 heavy (non-hydrogen) atoms. The van der Waals surface area contributed by atoms with Crippen molar-refractivity contribution in [2.75, 3.05) is 42.3 Å². The molecule has 10 heteroatoms. The lowest BCUT2D eigenvalue weighted by Gasteiger charge is -2.36. The molecule has 5 rings (SSSR count). The lowest BCUT2D eigenvalue weighted by molar-refractivity contribution is 0.206. The van der Waals surface area contributed by atoms with Gasteiger partial charge in [-0.2, -0.15) is 0 Å². The average Bonchev–Trinajstić information content (AvgIpc) is 3.14. The first kappa shape index (κ1) is 19.0. The highest BCUT2D eigenvalue weighted by atomic mass is 35.5. The summed E-state index contributed by atoms with van der Waals surface area (Å²) in [6.07, 6.45) is 5.81. The molecule has 8 nitrogen and oxygen atoms in total. The van der Waals surface area contributed by atoms with Crippen molar-refractivity contribution in [3.8, 4) is 5.75 Å². The van der Waals surface area contributed by atoms with E-state index in [9.17, 15) is 9.32 Å². The third-order valence-corrected chi connectivity index (χ3v) is 7.37. The number of hydrogen-bond acceptors (Lipinski definition) is 8. The van der Waals surface area contributed by atoms with E-state index < -0.39 is 10.8 Å². The van der Waals surface area contributed by atoms with Crippen LogP contribution in [-0.4, -0.2) is 62.4 Å². The molecule has 0 spiro atoms. The number of pyridine rings is 1. The number of nitrogens with zero attached hydrogens (tertiary/aromatic N) is 4. The van der Waals surface area contributed by atoms with Gasteiger partial charge < -0.3 is 20.1 Å². The fraction of sp³-hybridized carbons (Fsp3) is 0.526. The smallest absolute Gasteiger partial charge is 0.186 e. The van der Waals surface area contributed by atoms with Gasteiger partial charge in [-0.3, -0.25) is 4.21 Å². The minimum atomic E-state index is -1.08. The van der Waals surface area contributed by atoms with Gasteiger partial charge in [-0.1, -0.05) is 11.6 Å². The Balaban J connectivity index is 1.42. The van der Waals surface area contributed by atoms with Crippen LogP contribution in [0.15, 0.2) is 17.3 Å². The Hall–Kier alpha value is -1.97. The lowest BCUT2D eigenvalue weighted by atomic mass is 9.96. The Kier molecular flexibility index (Phi) is 5.05. The molecule has 3 aliphatic rings. The fourth-order valence-corrected chi connectivity index (χ4v) is 5.66. The summed E-state index contributed by atoms with van der Waals surface area (Å²) >= 11 is 5.90. The number of anilines is 2. The van der Waals surface area contributed by atoms with Crippen LogP contribution in [0.3, 0.4) is 0 Å². The second-order valence-electron chi connectivity index (χ2n) is 7.57. The number of aliphatic hydroxyl groups excluding tert-OH is 1. The van der Waals surface area contributed by atoms with E-state index in [1.165, 1.54) is 0 Å². The zero-order valence-corrected chi connectivity index (χ0v) is 17.4. The molecule has 1 saturated heterocycles. The first-order valence-electron chi connectivity index (χ1n) is 9.82. The number of aromatic nitrogens is 3. The fourth-order valence-electron chi connectivity index (χ4n) is 4.19. The van der Waals surface area contributed by atoms with Gasteiger partial charge in [-0.15, -0.1) is 0 Å². The van der Waals surface area contributed by atoms with E-state index in [2.05, 4.69) is 20.2 Å². The number of fused-ring (bicyclic) bond motifs is 3. The molecule has 0 radical (unpaired) electrons. The van der Waals surface area contributed by atoms with Gasteiger partial charge in [0.1, 0.15) is 12.4 Å². The van der Waals surface area contributed by atoms with Crippen LogP contribution >= 0.6 is 11.6 Å². The van der Waals surface area contributed by atoms with Crippen molar-refractivity contribution in [2.45, 2.75) is 36.1 Å². The first-order valence-corrected chi connectivity index (χ1v) is 11.5. The Morgan fingerprint density at radius 2 is 2.07 bits per heavy atom. The molecule has 0 saturated carbocycles. The highest BCUT2D eigenvalue weighted by molar-refractivity contribution is 7.85. The number of piperidine rings is 1. The topological polar surface area (TPSA) is 100 Å². The van der Waals surface area contributed by atoms with Gasteiger partial charge in [0.2, 0.25) is 0 Å². The maximum Gasteiger partial charge on any atom is 0.186 e. The predicted octanol–water partition coefficient (Wildman–Crippen LogP) is 1.74. The monoisotopic (exact) mass is 435 g/mol. The molecule has 1 fully saturated rings. The third kappa shape index (κ3) is 3.45. The molecule has 154 valence electrons. The second-order valence-corrected chi connectivity index (χ2v) is 9.51. The number of halogens is 1. The van der Waals surface area contributed by atoms with Crippen LogP contribution in [0.5, 0.6) is 5.75 Å². The van der Waals surface area contributed by atoms with Crippen LogP contribution in [0.4, 0.5) is 11.5 Å². The van der Waals surface area contributed by atoms with Crippen molar-refractivity contribution < 1.29 is 14.1 Å². The summed E-state index contributed by atoms with van der Waals surface area (Å²) in [6.45, 7) is 1.94. The van der Waals surface area contributed by atoms with Crippen LogP contribution in [0.2, 0.25) is 5.02 Å². The predicted molar refractivity (Wildman–Crippen MR) is 110 cm³/mol. The largest absolute Gasteiger partial charge is 0.485 e. The number of hydrogen-bond donors (Lipinski definition) is 2. The summed E-state index contributed by atoms with van der Waals surface area (Å²) in [6, 6.07) is -0.202. The van der Waals surface area contributed by atoms with Gasteiger partial charge in [0.25, 0.3) is 0 Å². The quantitative estimate of drug-likeness (QED) is 0.751. The molecule has 2 N–H and O–H groups in total. The molecular formula is C19H22ClN5O3S. The van der Waals surface area contributed by atoms with Crippen molar-refractivity contribution in [1.82, 2.24) is 15.0 Å². The molecule has 2 aromatic heterocycles. The normalized spacial score (nSPS) is 23.9. The van der Waals surface area contributed by atoms with E-state index in [0.717, 1.165) is 53.9 Å². The summed E-state index contributed by atoms with van der Waals surface area (Å²) < 4.78 is 18.5. The van der Waals surface area contributed by atoms with Crippen LogP contribution in [-0.2, 0) is 17.2 Å². The summed E-state index contributed by atoms with van der Waals surface area (Å²) in [7, 11) is -1.08. The number of nitrogens with one attached hydrogen (secondary N) is 1. The van der Waals surface area contributed by atoms with Crippen molar-refractivity contribution in [2.24, 2.45) is 0 Å². The summed E-state index contributed by atoms with van der Waals surface area (Å²) in [5.74, 6) is 3.16. The summed E-state index contributed by atoms with van der Waals surface area (Å²) in [4.78, 5) is 16.6. The minimum Gasteiger partial charge on any atom is -0.485 e. The molecule has 0 aliphatic carbocycles. The maximum atomic E-state index is 12.5. The molecule has 5 heterocycles. The van der Waals surface area contributed by atoms with Crippen molar-refractivity contribution >= 4 is 33.9 Å². The lowest BCUT2D eigenvalue weighted by Crippen LogP contribution is -2.38. The van der Waals surface area contributed by atoms with E-state index in [1.54, 1.807) is 12.4 Å². The second kappa shape index (κ2) is 7.70. The van der Waals surface area contributed by atoms with Crippen molar-refractivity contribution in [1.29, 1.82) is 0 Å². The summed E-state index contributed by atoms with van der Waals surface area (Å²) in [5.41, 5.74) is 1.62. The first-order chi connectivity index (χ1) is 14.1. The Labute approximate surface area is 176 Å². The van der Waals surface area contributed by atoms with Crippen molar-refractivity contribution in [3.63, 3.8) is 0 Å². The van der Waals surface area contributed by atoms with Gasteiger partial charge in [-0.25, -0.2) is 15.0 Å². The minimum absolute atomic E-state index is 0.0367. The molecule has 0 amide bonds. The zero-order valence-electron chi connectivity index (χ0n) is 15.8. The Morgan fingerprint density at radius 1 is 1.31 bits per heavy atom. The van der Waals surface area contributed by atoms with E-state index >= 15 is 0 Å². The molecule has 0 bridgehead atoms. The number of ether oxygens (including phenoxy) is 1.